The van der Waals surface area contributed by atoms with Gasteiger partial charge in [-0.25, -0.2) is 4.98 Å². The van der Waals surface area contributed by atoms with E-state index in [1.54, 1.807) is 31.4 Å². The summed E-state index contributed by atoms with van der Waals surface area (Å²) >= 11 is 6.21. The molecule has 0 radical (unpaired) electrons. The molecule has 31 heavy (non-hydrogen) atoms. The Balaban J connectivity index is 1.68. The number of amides is 1. The van der Waals surface area contributed by atoms with E-state index < -0.39 is 0 Å². The molecule has 0 bridgehead atoms. The topological polar surface area (TPSA) is 68.1 Å². The molecule has 0 unspecified atom stereocenters. The molecule has 3 aromatic rings. The second kappa shape index (κ2) is 10.8. The molecule has 0 aliphatic carbocycles. The standard InChI is InChI=1S/C23H27ClN4O3/c1-4-27(5-2)14-15-31-20-16-17(9-11-19(20)30-3)25-22(29)12-10-18-23(24)26-21-8-6-7-13-28(18)21/h6-13,16H,4-5,14-15H2,1-3H3,(H,25,29)/b12-10+. The van der Waals surface area contributed by atoms with Crippen molar-refractivity contribution >= 4 is 34.9 Å². The Morgan fingerprint density at radius 1 is 1.23 bits per heavy atom. The van der Waals surface area contributed by atoms with Crippen molar-refractivity contribution in [2.75, 3.05) is 38.7 Å². The molecular formula is C23H27ClN4O3. The van der Waals surface area contributed by atoms with E-state index >= 15 is 0 Å². The fourth-order valence-electron chi connectivity index (χ4n) is 3.17. The van der Waals surface area contributed by atoms with Crippen LogP contribution in [0.15, 0.2) is 48.7 Å². The number of likely N-dealkylation sites (N-methyl/N-ethyl adjacent to an activating group) is 1. The number of fused-ring (bicyclic) bond motifs is 1. The first-order valence-corrected chi connectivity index (χ1v) is 10.6. The van der Waals surface area contributed by atoms with Crippen LogP contribution in [0.3, 0.4) is 0 Å². The molecule has 8 heteroatoms. The second-order valence-corrected chi connectivity index (χ2v) is 7.14. The summed E-state index contributed by atoms with van der Waals surface area (Å²) in [5.41, 5.74) is 1.97. The van der Waals surface area contributed by atoms with Crippen LogP contribution in [-0.4, -0.2) is 53.5 Å². The molecule has 1 amide bonds. The number of benzene rings is 1. The summed E-state index contributed by atoms with van der Waals surface area (Å²) in [7, 11) is 1.59. The van der Waals surface area contributed by atoms with Crippen LogP contribution in [-0.2, 0) is 4.79 Å². The maximum Gasteiger partial charge on any atom is 0.248 e. The molecule has 1 aromatic carbocycles. The highest BCUT2D eigenvalue weighted by Crippen LogP contribution is 2.30. The van der Waals surface area contributed by atoms with E-state index in [4.69, 9.17) is 21.1 Å². The molecule has 0 saturated heterocycles. The van der Waals surface area contributed by atoms with Gasteiger partial charge in [0.2, 0.25) is 5.91 Å². The molecule has 0 saturated carbocycles. The molecular weight excluding hydrogens is 416 g/mol. The first-order chi connectivity index (χ1) is 15.0. The molecule has 2 aromatic heterocycles. The van der Waals surface area contributed by atoms with Gasteiger partial charge in [-0.2, -0.15) is 0 Å². The summed E-state index contributed by atoms with van der Waals surface area (Å²) in [5, 5.41) is 3.18. The largest absolute Gasteiger partial charge is 0.493 e. The number of nitrogens with zero attached hydrogens (tertiary/aromatic N) is 3. The van der Waals surface area contributed by atoms with Gasteiger partial charge in [0.1, 0.15) is 12.3 Å². The molecule has 0 atom stereocenters. The van der Waals surface area contributed by atoms with Gasteiger partial charge in [0.15, 0.2) is 16.7 Å². The van der Waals surface area contributed by atoms with Crippen LogP contribution in [0.5, 0.6) is 11.5 Å². The number of hydrogen-bond acceptors (Lipinski definition) is 5. The normalized spacial score (nSPS) is 11.4. The predicted molar refractivity (Wildman–Crippen MR) is 124 cm³/mol. The van der Waals surface area contributed by atoms with Gasteiger partial charge >= 0.3 is 0 Å². The summed E-state index contributed by atoms with van der Waals surface area (Å²) in [6, 6.07) is 10.9. The van der Waals surface area contributed by atoms with Crippen molar-refractivity contribution in [2.45, 2.75) is 13.8 Å². The number of nitrogens with one attached hydrogen (secondary N) is 1. The number of methoxy groups -OCH3 is 1. The molecule has 1 N–H and O–H groups in total. The zero-order valence-electron chi connectivity index (χ0n) is 18.0. The van der Waals surface area contributed by atoms with Crippen LogP contribution in [0.25, 0.3) is 11.7 Å². The SMILES string of the molecule is CCN(CC)CCOc1cc(NC(=O)/C=C/c2c(Cl)nc3ccccn23)ccc1OC. The Kier molecular flexibility index (Phi) is 7.92. The first-order valence-electron chi connectivity index (χ1n) is 10.2. The van der Waals surface area contributed by atoms with E-state index in [9.17, 15) is 4.79 Å². The van der Waals surface area contributed by atoms with E-state index in [-0.39, 0.29) is 5.91 Å². The number of hydrogen-bond donors (Lipinski definition) is 1. The van der Waals surface area contributed by atoms with Gasteiger partial charge < -0.3 is 19.7 Å². The van der Waals surface area contributed by atoms with Crippen molar-refractivity contribution in [1.82, 2.24) is 14.3 Å². The maximum atomic E-state index is 12.5. The van der Waals surface area contributed by atoms with Gasteiger partial charge in [0.05, 0.1) is 12.8 Å². The van der Waals surface area contributed by atoms with E-state index in [1.165, 1.54) is 6.08 Å². The minimum absolute atomic E-state index is 0.291. The number of aromatic nitrogens is 2. The zero-order chi connectivity index (χ0) is 22.2. The Labute approximate surface area is 187 Å². The van der Waals surface area contributed by atoms with Crippen LogP contribution in [0, 0.1) is 0 Å². The molecule has 7 nitrogen and oxygen atoms in total. The van der Waals surface area contributed by atoms with Gasteiger partial charge in [-0.15, -0.1) is 0 Å². The van der Waals surface area contributed by atoms with Crippen LogP contribution in [0.4, 0.5) is 5.69 Å². The Hall–Kier alpha value is -3.03. The summed E-state index contributed by atoms with van der Waals surface area (Å²) in [5.74, 6) is 0.910. The van der Waals surface area contributed by atoms with Crippen molar-refractivity contribution in [3.8, 4) is 11.5 Å². The molecule has 0 spiro atoms. The average Bonchev–Trinajstić information content (AvgIpc) is 3.10. The van der Waals surface area contributed by atoms with Crippen molar-refractivity contribution in [3.63, 3.8) is 0 Å². The van der Waals surface area contributed by atoms with Gasteiger partial charge in [-0.05, 0) is 43.4 Å². The third-order valence-electron chi connectivity index (χ3n) is 4.91. The van der Waals surface area contributed by atoms with Crippen molar-refractivity contribution in [3.05, 3.63) is 59.5 Å². The van der Waals surface area contributed by atoms with E-state index in [0.29, 0.717) is 40.3 Å². The number of rotatable bonds is 10. The second-order valence-electron chi connectivity index (χ2n) is 6.78. The Morgan fingerprint density at radius 2 is 2.03 bits per heavy atom. The molecule has 0 aliphatic rings. The Morgan fingerprint density at radius 3 is 2.77 bits per heavy atom. The quantitative estimate of drug-likeness (QED) is 0.472. The average molecular weight is 443 g/mol. The molecule has 164 valence electrons. The van der Waals surface area contributed by atoms with E-state index in [1.807, 2.05) is 28.8 Å². The number of imidazole rings is 1. The number of carbonyl (C=O) groups is 1. The smallest absolute Gasteiger partial charge is 0.248 e. The summed E-state index contributed by atoms with van der Waals surface area (Å²) in [4.78, 5) is 19.0. The van der Waals surface area contributed by atoms with E-state index in [0.717, 1.165) is 19.6 Å². The zero-order valence-corrected chi connectivity index (χ0v) is 18.7. The lowest BCUT2D eigenvalue weighted by Crippen LogP contribution is -2.28. The minimum atomic E-state index is -0.291. The van der Waals surface area contributed by atoms with E-state index in [2.05, 4.69) is 29.0 Å². The number of carbonyl (C=O) groups excluding carboxylic acids is 1. The van der Waals surface area contributed by atoms with Crippen molar-refractivity contribution in [2.24, 2.45) is 0 Å². The van der Waals surface area contributed by atoms with Crippen LogP contribution in [0.1, 0.15) is 19.5 Å². The van der Waals surface area contributed by atoms with Crippen molar-refractivity contribution in [1.29, 1.82) is 0 Å². The predicted octanol–water partition coefficient (Wildman–Crippen LogP) is 4.37. The lowest BCUT2D eigenvalue weighted by atomic mass is 10.2. The van der Waals surface area contributed by atoms with Gasteiger partial charge in [-0.1, -0.05) is 31.5 Å². The number of pyridine rings is 1. The third-order valence-corrected chi connectivity index (χ3v) is 5.18. The minimum Gasteiger partial charge on any atom is -0.493 e. The Bertz CT molecular complexity index is 1060. The van der Waals surface area contributed by atoms with Gasteiger partial charge in [0, 0.05) is 30.6 Å². The third kappa shape index (κ3) is 5.77. The van der Waals surface area contributed by atoms with Crippen LogP contribution < -0.4 is 14.8 Å². The highest BCUT2D eigenvalue weighted by atomic mass is 35.5. The monoisotopic (exact) mass is 442 g/mol. The summed E-state index contributed by atoms with van der Waals surface area (Å²) in [6.45, 7) is 7.52. The highest BCUT2D eigenvalue weighted by molar-refractivity contribution is 6.31. The molecule has 3 rings (SSSR count). The number of ether oxygens (including phenoxy) is 2. The molecule has 0 fully saturated rings. The summed E-state index contributed by atoms with van der Waals surface area (Å²) in [6.07, 6.45) is 4.91. The molecule has 2 heterocycles. The number of anilines is 1. The van der Waals surface area contributed by atoms with Crippen LogP contribution in [0.2, 0.25) is 5.15 Å². The fourth-order valence-corrected chi connectivity index (χ4v) is 3.41. The summed E-state index contributed by atoms with van der Waals surface area (Å²) < 4.78 is 13.1. The molecule has 0 aliphatic heterocycles. The van der Waals surface area contributed by atoms with Gasteiger partial charge in [0.25, 0.3) is 0 Å². The maximum absolute atomic E-state index is 12.5. The lowest BCUT2D eigenvalue weighted by molar-refractivity contribution is -0.111. The highest BCUT2D eigenvalue weighted by Gasteiger charge is 2.10. The lowest BCUT2D eigenvalue weighted by Gasteiger charge is -2.19. The first kappa shape index (κ1) is 22.7. The van der Waals surface area contributed by atoms with Crippen LogP contribution >= 0.6 is 11.6 Å². The number of halogens is 1. The van der Waals surface area contributed by atoms with Gasteiger partial charge in [-0.3, -0.25) is 9.20 Å². The van der Waals surface area contributed by atoms with Crippen molar-refractivity contribution < 1.29 is 14.3 Å². The fraction of sp³-hybridized carbons (Fsp3) is 0.304.